The van der Waals surface area contributed by atoms with E-state index in [1.54, 1.807) is 6.92 Å². The first kappa shape index (κ1) is 30.7. The number of amides is 1. The van der Waals surface area contributed by atoms with Gasteiger partial charge in [-0.3, -0.25) is 14.5 Å². The van der Waals surface area contributed by atoms with Gasteiger partial charge in [0.25, 0.3) is 5.91 Å². The minimum Gasteiger partial charge on any atom is -0.453 e. The Labute approximate surface area is 249 Å². The van der Waals surface area contributed by atoms with E-state index in [1.165, 1.54) is 26.2 Å². The number of hydrogen-bond donors (Lipinski definition) is 2. The van der Waals surface area contributed by atoms with Crippen molar-refractivity contribution in [2.75, 3.05) is 13.1 Å². The summed E-state index contributed by atoms with van der Waals surface area (Å²) in [4.78, 5) is 26.0. The molecule has 0 radical (unpaired) electrons. The third-order valence-electron chi connectivity index (χ3n) is 9.01. The van der Waals surface area contributed by atoms with Crippen LogP contribution in [0.5, 0.6) is 0 Å². The Bertz CT molecular complexity index is 1250. The van der Waals surface area contributed by atoms with E-state index in [0.717, 1.165) is 41.8 Å². The summed E-state index contributed by atoms with van der Waals surface area (Å²) in [5, 5.41) is 12.3. The molecule has 1 saturated carbocycles. The van der Waals surface area contributed by atoms with Crippen molar-refractivity contribution in [3.05, 3.63) is 70.8 Å². The lowest BCUT2D eigenvalue weighted by Gasteiger charge is -2.41. The Morgan fingerprint density at radius 3 is 2.36 bits per heavy atom. The zero-order valence-electron chi connectivity index (χ0n) is 25.6. The number of nitrogens with zero attached hydrogens (tertiary/aromatic N) is 1. The van der Waals surface area contributed by atoms with Crippen molar-refractivity contribution in [3.8, 4) is 0 Å². The van der Waals surface area contributed by atoms with E-state index in [-0.39, 0.29) is 24.7 Å². The highest BCUT2D eigenvalue weighted by atomic mass is 16.7. The molecule has 2 aromatic rings. The van der Waals surface area contributed by atoms with E-state index >= 15 is 0 Å². The van der Waals surface area contributed by atoms with Crippen LogP contribution in [-0.2, 0) is 37.0 Å². The number of benzene rings is 2. The van der Waals surface area contributed by atoms with Crippen molar-refractivity contribution in [2.24, 2.45) is 10.8 Å². The molecule has 42 heavy (non-hydrogen) atoms. The molecule has 3 fully saturated rings. The van der Waals surface area contributed by atoms with Gasteiger partial charge in [-0.25, -0.2) is 0 Å². The number of hydrogen-bond acceptors (Lipinski definition) is 7. The second kappa shape index (κ2) is 12.4. The summed E-state index contributed by atoms with van der Waals surface area (Å²) in [6.45, 7) is 12.4. The standard InChI is InChI=1S/C34H46N2O6/c1-22(40-23(2)38)31(39)35-17-24-6-12-27(13-7-24)32-41-29(14-30(42-32)26-10-8-25(19-37)9-11-26)18-36-21-34(5)16-28(36)15-33(3,4)20-34/h6-13,22,28-30,32,37H,14-21H2,1-5H3,(H,35,39)/t22-,28?,29+,30-,32-,34?/m0/s1. The van der Waals surface area contributed by atoms with Crippen LogP contribution in [-0.4, -0.2) is 53.2 Å². The van der Waals surface area contributed by atoms with Crippen LogP contribution in [0.3, 0.4) is 0 Å². The van der Waals surface area contributed by atoms with Crippen molar-refractivity contribution in [2.45, 2.75) is 104 Å². The van der Waals surface area contributed by atoms with E-state index < -0.39 is 18.4 Å². The number of ether oxygens (including phenoxy) is 3. The predicted octanol–water partition coefficient (Wildman–Crippen LogP) is 5.19. The third kappa shape index (κ3) is 7.40. The number of rotatable bonds is 9. The number of carbonyl (C=O) groups excluding carboxylic acids is 2. The summed E-state index contributed by atoms with van der Waals surface area (Å²) >= 11 is 0. The summed E-state index contributed by atoms with van der Waals surface area (Å²) in [6, 6.07) is 16.5. The highest BCUT2D eigenvalue weighted by molar-refractivity contribution is 5.82. The molecular weight excluding hydrogens is 532 g/mol. The average Bonchev–Trinajstić information content (AvgIpc) is 3.18. The minimum absolute atomic E-state index is 0.0130. The molecule has 6 atom stereocenters. The maximum Gasteiger partial charge on any atom is 0.303 e. The van der Waals surface area contributed by atoms with Crippen LogP contribution in [0.4, 0.5) is 0 Å². The molecule has 8 nitrogen and oxygen atoms in total. The highest BCUT2D eigenvalue weighted by Crippen LogP contribution is 2.53. The van der Waals surface area contributed by atoms with Gasteiger partial charge in [0.05, 0.1) is 18.8 Å². The van der Waals surface area contributed by atoms with Gasteiger partial charge in [-0.2, -0.15) is 0 Å². The Kier molecular flexibility index (Phi) is 9.09. The monoisotopic (exact) mass is 578 g/mol. The van der Waals surface area contributed by atoms with Crippen LogP contribution in [0.25, 0.3) is 0 Å². The number of likely N-dealkylation sites (tertiary alicyclic amines) is 1. The molecule has 2 heterocycles. The first-order valence-corrected chi connectivity index (χ1v) is 15.2. The molecule has 2 aromatic carbocycles. The molecule has 2 saturated heterocycles. The maximum atomic E-state index is 12.2. The molecule has 2 aliphatic heterocycles. The zero-order valence-corrected chi connectivity index (χ0v) is 25.6. The number of esters is 1. The van der Waals surface area contributed by atoms with E-state index in [9.17, 15) is 14.7 Å². The van der Waals surface area contributed by atoms with Gasteiger partial charge in [0.1, 0.15) is 0 Å². The van der Waals surface area contributed by atoms with Crippen molar-refractivity contribution in [1.82, 2.24) is 10.2 Å². The molecule has 3 aliphatic rings. The van der Waals surface area contributed by atoms with Gasteiger partial charge in [0, 0.05) is 44.6 Å². The molecule has 2 unspecified atom stereocenters. The second-order valence-electron chi connectivity index (χ2n) is 13.7. The van der Waals surface area contributed by atoms with Crippen LogP contribution in [0.15, 0.2) is 48.5 Å². The summed E-state index contributed by atoms with van der Waals surface area (Å²) < 4.78 is 18.2. The SMILES string of the molecule is CC(=O)O[C@@H](C)C(=O)NCc1ccc([C@H]2O[C@@H](CN3CC4(C)CC3CC(C)(C)C4)C[C@@H](c3ccc(CO)cc3)O2)cc1. The number of nitrogens with one attached hydrogen (secondary N) is 1. The van der Waals surface area contributed by atoms with Gasteiger partial charge in [-0.1, -0.05) is 69.3 Å². The lowest BCUT2D eigenvalue weighted by atomic mass is 9.65. The fourth-order valence-electron chi connectivity index (χ4n) is 7.51. The molecule has 0 aromatic heterocycles. The van der Waals surface area contributed by atoms with Gasteiger partial charge < -0.3 is 24.6 Å². The van der Waals surface area contributed by atoms with Crippen LogP contribution >= 0.6 is 0 Å². The molecule has 0 spiro atoms. The normalized spacial score (nSPS) is 29.6. The Hall–Kier alpha value is -2.78. The van der Waals surface area contributed by atoms with Crippen molar-refractivity contribution >= 4 is 11.9 Å². The number of carbonyl (C=O) groups is 2. The minimum atomic E-state index is -0.838. The molecule has 5 rings (SSSR count). The molecule has 2 bridgehead atoms. The Morgan fingerprint density at radius 2 is 1.69 bits per heavy atom. The average molecular weight is 579 g/mol. The second-order valence-corrected chi connectivity index (χ2v) is 13.7. The molecule has 1 aliphatic carbocycles. The van der Waals surface area contributed by atoms with Crippen molar-refractivity contribution in [3.63, 3.8) is 0 Å². The van der Waals surface area contributed by atoms with Crippen LogP contribution in [0.2, 0.25) is 0 Å². The van der Waals surface area contributed by atoms with Gasteiger partial charge in [0.15, 0.2) is 12.4 Å². The molecule has 1 amide bonds. The molecule has 8 heteroatoms. The zero-order chi connectivity index (χ0) is 30.1. The number of fused-ring (bicyclic) bond motifs is 2. The quantitative estimate of drug-likeness (QED) is 0.395. The maximum absolute atomic E-state index is 12.2. The van der Waals surface area contributed by atoms with E-state index in [4.69, 9.17) is 14.2 Å². The smallest absolute Gasteiger partial charge is 0.303 e. The van der Waals surface area contributed by atoms with E-state index in [0.29, 0.717) is 23.4 Å². The lowest BCUT2D eigenvalue weighted by molar-refractivity contribution is -0.253. The Balaban J connectivity index is 1.29. The van der Waals surface area contributed by atoms with Crippen LogP contribution < -0.4 is 5.32 Å². The first-order valence-electron chi connectivity index (χ1n) is 15.2. The summed E-state index contributed by atoms with van der Waals surface area (Å²) in [6.07, 6.45) is 3.04. The molecule has 228 valence electrons. The van der Waals surface area contributed by atoms with E-state index in [2.05, 4.69) is 31.0 Å². The molecular formula is C34H46N2O6. The Morgan fingerprint density at radius 1 is 1.02 bits per heavy atom. The van der Waals surface area contributed by atoms with Gasteiger partial charge in [0.2, 0.25) is 0 Å². The predicted molar refractivity (Wildman–Crippen MR) is 159 cm³/mol. The van der Waals surface area contributed by atoms with Gasteiger partial charge in [-0.15, -0.1) is 0 Å². The first-order chi connectivity index (χ1) is 19.9. The summed E-state index contributed by atoms with van der Waals surface area (Å²) in [5.41, 5.74) is 4.53. The number of aliphatic hydroxyl groups excluding tert-OH is 1. The van der Waals surface area contributed by atoms with Crippen LogP contribution in [0, 0.1) is 10.8 Å². The van der Waals surface area contributed by atoms with E-state index in [1.807, 2.05) is 48.5 Å². The van der Waals surface area contributed by atoms with Crippen LogP contribution in [0.1, 0.15) is 94.9 Å². The van der Waals surface area contributed by atoms with Gasteiger partial charge in [-0.05, 0) is 53.7 Å². The van der Waals surface area contributed by atoms with Gasteiger partial charge >= 0.3 is 5.97 Å². The van der Waals surface area contributed by atoms with Crippen molar-refractivity contribution < 1.29 is 28.9 Å². The fraction of sp³-hybridized carbons (Fsp3) is 0.588. The highest BCUT2D eigenvalue weighted by Gasteiger charge is 2.50. The third-order valence-corrected chi connectivity index (χ3v) is 9.01. The summed E-state index contributed by atoms with van der Waals surface area (Å²) in [5.74, 6) is -0.823. The fourth-order valence-corrected chi connectivity index (χ4v) is 7.51. The lowest BCUT2D eigenvalue weighted by Crippen LogP contribution is -2.42. The molecule has 2 N–H and O–H groups in total. The largest absolute Gasteiger partial charge is 0.453 e. The number of aliphatic hydroxyl groups is 1. The topological polar surface area (TPSA) is 97.3 Å². The summed E-state index contributed by atoms with van der Waals surface area (Å²) in [7, 11) is 0. The van der Waals surface area contributed by atoms with Crippen molar-refractivity contribution in [1.29, 1.82) is 0 Å².